The SMILES string of the molecule is CCCNC(c1ccc(C(C)C)cc1)c1cc(OC)cs1. The van der Waals surface area contributed by atoms with Gasteiger partial charge >= 0.3 is 0 Å². The lowest BCUT2D eigenvalue weighted by Gasteiger charge is -2.18. The minimum Gasteiger partial charge on any atom is -0.496 e. The fraction of sp³-hybridized carbons (Fsp3) is 0.444. The Kier molecular flexibility index (Phi) is 5.83. The van der Waals surface area contributed by atoms with Gasteiger partial charge in [0.2, 0.25) is 0 Å². The molecule has 21 heavy (non-hydrogen) atoms. The highest BCUT2D eigenvalue weighted by Gasteiger charge is 2.16. The monoisotopic (exact) mass is 303 g/mol. The maximum atomic E-state index is 5.32. The van der Waals surface area contributed by atoms with Crippen molar-refractivity contribution in [3.8, 4) is 5.75 Å². The molecular weight excluding hydrogens is 278 g/mol. The lowest BCUT2D eigenvalue weighted by Crippen LogP contribution is -2.22. The van der Waals surface area contributed by atoms with Crippen LogP contribution in [-0.2, 0) is 0 Å². The van der Waals surface area contributed by atoms with Crippen LogP contribution in [-0.4, -0.2) is 13.7 Å². The van der Waals surface area contributed by atoms with Crippen LogP contribution < -0.4 is 10.1 Å². The van der Waals surface area contributed by atoms with Crippen LogP contribution in [0.15, 0.2) is 35.7 Å². The molecule has 1 unspecified atom stereocenters. The predicted octanol–water partition coefficient (Wildman–Crippen LogP) is 4.97. The van der Waals surface area contributed by atoms with Gasteiger partial charge in [-0.2, -0.15) is 0 Å². The third kappa shape index (κ3) is 4.08. The molecule has 1 aromatic heterocycles. The second kappa shape index (κ2) is 7.62. The fourth-order valence-corrected chi connectivity index (χ4v) is 3.29. The molecule has 0 saturated carbocycles. The Morgan fingerprint density at radius 2 is 1.81 bits per heavy atom. The molecule has 1 atom stereocenters. The number of ether oxygens (including phenoxy) is 1. The van der Waals surface area contributed by atoms with E-state index in [1.165, 1.54) is 16.0 Å². The summed E-state index contributed by atoms with van der Waals surface area (Å²) in [6, 6.07) is 11.4. The molecule has 0 aliphatic heterocycles. The summed E-state index contributed by atoms with van der Waals surface area (Å²) in [5, 5.41) is 5.71. The Labute approximate surface area is 132 Å². The van der Waals surface area contributed by atoms with Gasteiger partial charge in [-0.05, 0) is 36.1 Å². The van der Waals surface area contributed by atoms with Crippen LogP contribution in [0.1, 0.15) is 55.2 Å². The van der Waals surface area contributed by atoms with Gasteiger partial charge in [0, 0.05) is 10.3 Å². The first-order valence-corrected chi connectivity index (χ1v) is 8.49. The molecule has 0 spiro atoms. The van der Waals surface area contributed by atoms with Crippen molar-refractivity contribution in [1.29, 1.82) is 0 Å². The fourth-order valence-electron chi connectivity index (χ4n) is 2.34. The van der Waals surface area contributed by atoms with Crippen LogP contribution >= 0.6 is 11.3 Å². The topological polar surface area (TPSA) is 21.3 Å². The summed E-state index contributed by atoms with van der Waals surface area (Å²) in [4.78, 5) is 1.30. The van der Waals surface area contributed by atoms with E-state index in [1.54, 1.807) is 18.4 Å². The second-order valence-electron chi connectivity index (χ2n) is 5.60. The molecule has 1 heterocycles. The van der Waals surface area contributed by atoms with Gasteiger partial charge in [-0.15, -0.1) is 11.3 Å². The Balaban J connectivity index is 2.26. The standard InChI is InChI=1S/C18H25NOS/c1-5-10-19-18(17-11-16(20-4)12-21-17)15-8-6-14(7-9-15)13(2)3/h6-9,11-13,18-19H,5,10H2,1-4H3. The molecule has 2 nitrogen and oxygen atoms in total. The van der Waals surface area contributed by atoms with Crippen molar-refractivity contribution in [3.63, 3.8) is 0 Å². The van der Waals surface area contributed by atoms with Crippen molar-refractivity contribution >= 4 is 11.3 Å². The highest BCUT2D eigenvalue weighted by atomic mass is 32.1. The molecule has 0 aliphatic carbocycles. The summed E-state index contributed by atoms with van der Waals surface area (Å²) in [7, 11) is 1.72. The van der Waals surface area contributed by atoms with Crippen molar-refractivity contribution < 1.29 is 4.74 Å². The van der Waals surface area contributed by atoms with Crippen molar-refractivity contribution in [2.45, 2.75) is 39.2 Å². The van der Waals surface area contributed by atoms with Gasteiger partial charge in [-0.25, -0.2) is 0 Å². The summed E-state index contributed by atoms with van der Waals surface area (Å²) >= 11 is 1.75. The minimum atomic E-state index is 0.250. The van der Waals surface area contributed by atoms with Gasteiger partial charge in [0.25, 0.3) is 0 Å². The number of rotatable bonds is 7. The summed E-state index contributed by atoms with van der Waals surface area (Å²) in [5.41, 5.74) is 2.70. The van der Waals surface area contributed by atoms with E-state index >= 15 is 0 Å². The van der Waals surface area contributed by atoms with Crippen LogP contribution in [0.5, 0.6) is 5.75 Å². The number of benzene rings is 1. The van der Waals surface area contributed by atoms with Crippen molar-refractivity contribution in [1.82, 2.24) is 5.32 Å². The zero-order valence-corrected chi connectivity index (χ0v) is 14.2. The molecule has 114 valence electrons. The number of nitrogens with one attached hydrogen (secondary N) is 1. The third-order valence-corrected chi connectivity index (χ3v) is 4.63. The van der Waals surface area contributed by atoms with E-state index in [1.807, 2.05) is 0 Å². The second-order valence-corrected chi connectivity index (χ2v) is 6.54. The zero-order chi connectivity index (χ0) is 15.2. The van der Waals surface area contributed by atoms with Gasteiger partial charge in [0.15, 0.2) is 0 Å². The molecule has 0 radical (unpaired) electrons. The van der Waals surface area contributed by atoms with E-state index in [4.69, 9.17) is 4.74 Å². The Morgan fingerprint density at radius 3 is 2.33 bits per heavy atom. The highest BCUT2D eigenvalue weighted by molar-refractivity contribution is 7.10. The average molecular weight is 303 g/mol. The number of hydrogen-bond acceptors (Lipinski definition) is 3. The highest BCUT2D eigenvalue weighted by Crippen LogP contribution is 2.31. The molecule has 3 heteroatoms. The van der Waals surface area contributed by atoms with Gasteiger partial charge < -0.3 is 10.1 Å². The molecule has 1 N–H and O–H groups in total. The Bertz CT molecular complexity index is 545. The van der Waals surface area contributed by atoms with Crippen molar-refractivity contribution in [3.05, 3.63) is 51.7 Å². The van der Waals surface area contributed by atoms with Gasteiger partial charge in [0.1, 0.15) is 5.75 Å². The molecule has 2 aromatic rings. The molecule has 0 aliphatic rings. The molecule has 0 fully saturated rings. The van der Waals surface area contributed by atoms with E-state index in [9.17, 15) is 0 Å². The van der Waals surface area contributed by atoms with Crippen LogP contribution in [0.3, 0.4) is 0 Å². The largest absolute Gasteiger partial charge is 0.496 e. The smallest absolute Gasteiger partial charge is 0.129 e. The number of thiophene rings is 1. The van der Waals surface area contributed by atoms with E-state index < -0.39 is 0 Å². The molecule has 0 saturated heterocycles. The third-order valence-electron chi connectivity index (χ3n) is 3.65. The average Bonchev–Trinajstić information content (AvgIpc) is 2.97. The normalized spacial score (nSPS) is 12.6. The summed E-state index contributed by atoms with van der Waals surface area (Å²) in [5.74, 6) is 1.51. The van der Waals surface area contributed by atoms with Crippen LogP contribution in [0.25, 0.3) is 0 Å². The van der Waals surface area contributed by atoms with Crippen LogP contribution in [0.4, 0.5) is 0 Å². The summed E-state index contributed by atoms with van der Waals surface area (Å²) in [6.45, 7) is 7.66. The molecule has 0 amide bonds. The summed E-state index contributed by atoms with van der Waals surface area (Å²) in [6.07, 6.45) is 1.13. The molecular formula is C18H25NOS. The van der Waals surface area contributed by atoms with E-state index in [2.05, 4.69) is 61.8 Å². The van der Waals surface area contributed by atoms with Crippen LogP contribution in [0.2, 0.25) is 0 Å². The maximum absolute atomic E-state index is 5.32. The van der Waals surface area contributed by atoms with E-state index in [0.29, 0.717) is 5.92 Å². The lowest BCUT2D eigenvalue weighted by atomic mass is 9.98. The quantitative estimate of drug-likeness (QED) is 0.780. The lowest BCUT2D eigenvalue weighted by molar-refractivity contribution is 0.416. The van der Waals surface area contributed by atoms with E-state index in [0.717, 1.165) is 18.7 Å². The molecule has 2 rings (SSSR count). The summed E-state index contributed by atoms with van der Waals surface area (Å²) < 4.78 is 5.32. The first-order chi connectivity index (χ1) is 10.2. The first kappa shape index (κ1) is 16.1. The first-order valence-electron chi connectivity index (χ1n) is 7.61. The van der Waals surface area contributed by atoms with Crippen LogP contribution in [0, 0.1) is 0 Å². The van der Waals surface area contributed by atoms with Crippen molar-refractivity contribution in [2.24, 2.45) is 0 Å². The predicted molar refractivity (Wildman–Crippen MR) is 91.5 cm³/mol. The number of methoxy groups -OCH3 is 1. The Hall–Kier alpha value is -1.32. The van der Waals surface area contributed by atoms with Crippen molar-refractivity contribution in [2.75, 3.05) is 13.7 Å². The van der Waals surface area contributed by atoms with Gasteiger partial charge in [0.05, 0.1) is 13.2 Å². The minimum absolute atomic E-state index is 0.250. The Morgan fingerprint density at radius 1 is 1.14 bits per heavy atom. The molecule has 0 bridgehead atoms. The zero-order valence-electron chi connectivity index (χ0n) is 13.3. The van der Waals surface area contributed by atoms with E-state index in [-0.39, 0.29) is 6.04 Å². The van der Waals surface area contributed by atoms with Gasteiger partial charge in [-0.3, -0.25) is 0 Å². The van der Waals surface area contributed by atoms with Gasteiger partial charge in [-0.1, -0.05) is 45.0 Å². The molecule has 1 aromatic carbocycles. The number of hydrogen-bond donors (Lipinski definition) is 1. The maximum Gasteiger partial charge on any atom is 0.129 e.